The lowest BCUT2D eigenvalue weighted by molar-refractivity contribution is -0.122. The number of carbonyl (C=O) groups is 2. The molecule has 0 aliphatic carbocycles. The molecule has 180 valence electrons. The molecule has 1 spiro atoms. The Balaban J connectivity index is 0.000000968. The molecular formula is C22H30N4O7. The SMILES string of the molecule is Cc1cc(=O)n(CCN2CCC3(CCC(CNC(=O)c4ccco4)O3)CC2)c(=O)[nH]1.O=CO. The average molecular weight is 463 g/mol. The first kappa shape index (κ1) is 24.5. The lowest BCUT2D eigenvalue weighted by atomic mass is 9.88. The Morgan fingerprint density at radius 1 is 1.30 bits per heavy atom. The fraction of sp³-hybridized carbons (Fsp3) is 0.545. The number of hydrogen-bond acceptors (Lipinski definition) is 7. The third kappa shape index (κ3) is 6.42. The molecule has 1 amide bonds. The van der Waals surface area contributed by atoms with Crippen LogP contribution in [-0.4, -0.2) is 69.8 Å². The number of furan rings is 1. The highest BCUT2D eigenvalue weighted by atomic mass is 16.5. The van der Waals surface area contributed by atoms with Crippen LogP contribution in [0.4, 0.5) is 0 Å². The summed E-state index contributed by atoms with van der Waals surface area (Å²) >= 11 is 0. The van der Waals surface area contributed by atoms with Crippen LogP contribution in [0.1, 0.15) is 41.9 Å². The second-order valence-corrected chi connectivity index (χ2v) is 8.34. The maximum Gasteiger partial charge on any atom is 0.328 e. The summed E-state index contributed by atoms with van der Waals surface area (Å²) in [5.41, 5.74) is -0.167. The Labute approximate surface area is 190 Å². The summed E-state index contributed by atoms with van der Waals surface area (Å²) in [6.45, 7) is 4.70. The minimum absolute atomic E-state index is 0.0140. The number of nitrogens with zero attached hydrogens (tertiary/aromatic N) is 2. The topological polar surface area (TPSA) is 147 Å². The fourth-order valence-corrected chi connectivity index (χ4v) is 4.38. The molecule has 33 heavy (non-hydrogen) atoms. The van der Waals surface area contributed by atoms with Gasteiger partial charge in [0.05, 0.1) is 18.0 Å². The number of aromatic amines is 1. The number of nitrogens with one attached hydrogen (secondary N) is 2. The number of H-pyrrole nitrogens is 1. The van der Waals surface area contributed by atoms with E-state index in [4.69, 9.17) is 19.1 Å². The van der Waals surface area contributed by atoms with Gasteiger partial charge in [-0.05, 0) is 44.7 Å². The van der Waals surface area contributed by atoms with E-state index < -0.39 is 0 Å². The second-order valence-electron chi connectivity index (χ2n) is 8.34. The molecule has 1 unspecified atom stereocenters. The summed E-state index contributed by atoms with van der Waals surface area (Å²) in [7, 11) is 0. The standard InChI is InChI=1S/C21H28N4O5.CH2O2/c1-15-13-18(26)25(20(28)23-15)11-10-24-8-6-21(7-9-24)5-4-16(30-21)14-22-19(27)17-3-2-12-29-17;2-1-3/h2-3,12-13,16H,4-11,14H2,1H3,(H,22,27)(H,23,28);1H,(H,2,3). The molecule has 3 N–H and O–H groups in total. The summed E-state index contributed by atoms with van der Waals surface area (Å²) in [4.78, 5) is 49.3. The molecule has 0 saturated carbocycles. The van der Waals surface area contributed by atoms with Gasteiger partial charge >= 0.3 is 5.69 Å². The van der Waals surface area contributed by atoms with Crippen LogP contribution < -0.4 is 16.6 Å². The van der Waals surface area contributed by atoms with Gasteiger partial charge in [0.1, 0.15) is 0 Å². The average Bonchev–Trinajstić information content (AvgIpc) is 3.44. The van der Waals surface area contributed by atoms with E-state index in [1.54, 1.807) is 19.1 Å². The Hall–Kier alpha value is -3.18. The van der Waals surface area contributed by atoms with Crippen molar-refractivity contribution in [2.75, 3.05) is 26.2 Å². The van der Waals surface area contributed by atoms with E-state index in [9.17, 15) is 14.4 Å². The highest BCUT2D eigenvalue weighted by molar-refractivity contribution is 5.91. The van der Waals surface area contributed by atoms with E-state index in [-0.39, 0.29) is 35.3 Å². The molecule has 4 rings (SSSR count). The molecule has 0 bridgehead atoms. The fourth-order valence-electron chi connectivity index (χ4n) is 4.38. The van der Waals surface area contributed by atoms with Crippen LogP contribution in [0.15, 0.2) is 38.5 Å². The van der Waals surface area contributed by atoms with Gasteiger partial charge in [-0.25, -0.2) is 4.79 Å². The quantitative estimate of drug-likeness (QED) is 0.529. The van der Waals surface area contributed by atoms with Crippen LogP contribution in [0.2, 0.25) is 0 Å². The predicted octanol–water partition coefficient (Wildman–Crippen LogP) is 0.582. The van der Waals surface area contributed by atoms with Gasteiger partial charge in [-0.3, -0.25) is 19.0 Å². The smallest absolute Gasteiger partial charge is 0.328 e. The van der Waals surface area contributed by atoms with Crippen LogP contribution in [0.25, 0.3) is 0 Å². The third-order valence-electron chi connectivity index (χ3n) is 6.14. The molecule has 1 atom stereocenters. The number of aryl methyl sites for hydroxylation is 1. The maximum absolute atomic E-state index is 12.0. The minimum atomic E-state index is -0.355. The first-order valence-electron chi connectivity index (χ1n) is 11.0. The van der Waals surface area contributed by atoms with Gasteiger partial charge in [-0.2, -0.15) is 0 Å². The molecule has 11 heteroatoms. The highest BCUT2D eigenvalue weighted by Gasteiger charge is 2.42. The van der Waals surface area contributed by atoms with E-state index in [0.29, 0.717) is 31.1 Å². The van der Waals surface area contributed by atoms with E-state index in [1.807, 2.05) is 0 Å². The van der Waals surface area contributed by atoms with Crippen LogP contribution in [0.5, 0.6) is 0 Å². The number of piperidine rings is 1. The van der Waals surface area contributed by atoms with Crippen molar-refractivity contribution in [2.45, 2.75) is 50.9 Å². The van der Waals surface area contributed by atoms with E-state index >= 15 is 0 Å². The van der Waals surface area contributed by atoms with Crippen LogP contribution in [0, 0.1) is 6.92 Å². The maximum atomic E-state index is 12.0. The summed E-state index contributed by atoms with van der Waals surface area (Å²) in [6.07, 6.45) is 5.23. The van der Waals surface area contributed by atoms with Crippen molar-refractivity contribution < 1.29 is 23.8 Å². The second kappa shape index (κ2) is 11.1. The first-order valence-corrected chi connectivity index (χ1v) is 11.0. The van der Waals surface area contributed by atoms with Gasteiger partial charge < -0.3 is 29.5 Å². The molecule has 0 radical (unpaired) electrons. The van der Waals surface area contributed by atoms with Crippen molar-refractivity contribution in [3.05, 3.63) is 56.8 Å². The zero-order valence-electron chi connectivity index (χ0n) is 18.6. The third-order valence-corrected chi connectivity index (χ3v) is 6.14. The van der Waals surface area contributed by atoms with Crippen molar-refractivity contribution in [3.8, 4) is 0 Å². The number of rotatable bonds is 6. The van der Waals surface area contributed by atoms with Gasteiger partial charge in [0, 0.05) is 44.5 Å². The van der Waals surface area contributed by atoms with Gasteiger partial charge in [0.15, 0.2) is 5.76 Å². The number of ether oxygens (including phenoxy) is 1. The molecule has 2 aromatic heterocycles. The number of carboxylic acid groups (broad SMARTS) is 1. The Bertz CT molecular complexity index is 1000. The normalized spacial score (nSPS) is 19.6. The number of amides is 1. The predicted molar refractivity (Wildman–Crippen MR) is 118 cm³/mol. The van der Waals surface area contributed by atoms with Gasteiger partial charge in [-0.1, -0.05) is 0 Å². The number of likely N-dealkylation sites (tertiary alicyclic amines) is 1. The number of hydrogen-bond donors (Lipinski definition) is 3. The molecule has 4 heterocycles. The molecule has 0 aromatic carbocycles. The van der Waals surface area contributed by atoms with Crippen LogP contribution >= 0.6 is 0 Å². The molecular weight excluding hydrogens is 432 g/mol. The van der Waals surface area contributed by atoms with E-state index in [1.165, 1.54) is 16.9 Å². The highest BCUT2D eigenvalue weighted by Crippen LogP contribution is 2.38. The van der Waals surface area contributed by atoms with Gasteiger partial charge in [0.25, 0.3) is 17.9 Å². The van der Waals surface area contributed by atoms with E-state index in [0.717, 1.165) is 38.8 Å². The van der Waals surface area contributed by atoms with Crippen molar-refractivity contribution >= 4 is 12.4 Å². The monoisotopic (exact) mass is 462 g/mol. The van der Waals surface area contributed by atoms with E-state index in [2.05, 4.69) is 15.2 Å². The van der Waals surface area contributed by atoms with Gasteiger partial charge in [0.2, 0.25) is 0 Å². The zero-order chi connectivity index (χ0) is 23.8. The molecule has 2 fully saturated rings. The Kier molecular flexibility index (Phi) is 8.23. The van der Waals surface area contributed by atoms with Gasteiger partial charge in [-0.15, -0.1) is 0 Å². The lowest BCUT2D eigenvalue weighted by Gasteiger charge is -2.39. The summed E-state index contributed by atoms with van der Waals surface area (Å²) in [5, 5.41) is 9.77. The largest absolute Gasteiger partial charge is 0.483 e. The number of carbonyl (C=O) groups excluding carboxylic acids is 1. The Morgan fingerprint density at radius 2 is 2.03 bits per heavy atom. The first-order chi connectivity index (χ1) is 15.9. The lowest BCUT2D eigenvalue weighted by Crippen LogP contribution is -2.47. The summed E-state index contributed by atoms with van der Waals surface area (Å²) < 4.78 is 12.7. The molecule has 11 nitrogen and oxygen atoms in total. The van der Waals surface area contributed by atoms with Crippen molar-refractivity contribution in [1.82, 2.24) is 19.8 Å². The van der Waals surface area contributed by atoms with Crippen molar-refractivity contribution in [3.63, 3.8) is 0 Å². The molecule has 2 aliphatic rings. The molecule has 2 saturated heterocycles. The van der Waals surface area contributed by atoms with Crippen LogP contribution in [-0.2, 0) is 16.1 Å². The Morgan fingerprint density at radius 3 is 2.67 bits per heavy atom. The van der Waals surface area contributed by atoms with Crippen molar-refractivity contribution in [1.29, 1.82) is 0 Å². The molecule has 2 aliphatic heterocycles. The zero-order valence-corrected chi connectivity index (χ0v) is 18.6. The minimum Gasteiger partial charge on any atom is -0.483 e. The number of aromatic nitrogens is 2. The summed E-state index contributed by atoms with van der Waals surface area (Å²) in [6, 6.07) is 4.78. The molecule has 2 aromatic rings. The summed E-state index contributed by atoms with van der Waals surface area (Å²) in [5.74, 6) is 0.0863. The van der Waals surface area contributed by atoms with Crippen molar-refractivity contribution in [2.24, 2.45) is 0 Å². The van der Waals surface area contributed by atoms with Crippen LogP contribution in [0.3, 0.4) is 0 Å².